The zero-order valence-electron chi connectivity index (χ0n) is 9.16. The molecule has 0 saturated carbocycles. The third-order valence-electron chi connectivity index (χ3n) is 2.12. The van der Waals surface area contributed by atoms with E-state index in [2.05, 4.69) is 5.16 Å². The number of nitrogens with zero attached hydrogens (tertiary/aromatic N) is 2. The van der Waals surface area contributed by atoms with Gasteiger partial charge in [0, 0.05) is 6.07 Å². The van der Waals surface area contributed by atoms with Crippen LogP contribution >= 0.6 is 0 Å². The van der Waals surface area contributed by atoms with Gasteiger partial charge in [0.15, 0.2) is 11.5 Å². The summed E-state index contributed by atoms with van der Waals surface area (Å²) in [5.74, 6) is -0.353. The van der Waals surface area contributed by atoms with E-state index in [0.29, 0.717) is 17.1 Å². The van der Waals surface area contributed by atoms with Gasteiger partial charge in [-0.25, -0.2) is 4.79 Å². The predicted octanol–water partition coefficient (Wildman–Crippen LogP) is 1.82. The molecule has 1 aromatic heterocycles. The molecule has 0 bridgehead atoms. The van der Waals surface area contributed by atoms with E-state index < -0.39 is 5.97 Å². The standard InChI is InChI=1S/C12H8N2O4/c13-6-8-2-1-3-9(4-8)17-7-10-5-11(12(15)16)14-18-10/h1-5H,7H2,(H,15,16). The molecule has 0 spiro atoms. The molecular weight excluding hydrogens is 236 g/mol. The summed E-state index contributed by atoms with van der Waals surface area (Å²) in [6.07, 6.45) is 0. The lowest BCUT2D eigenvalue weighted by Gasteiger charge is -2.02. The first kappa shape index (κ1) is 11.7. The number of carboxylic acid groups (broad SMARTS) is 1. The van der Waals surface area contributed by atoms with E-state index in [-0.39, 0.29) is 12.3 Å². The lowest BCUT2D eigenvalue weighted by atomic mass is 10.2. The van der Waals surface area contributed by atoms with Crippen molar-refractivity contribution in [2.75, 3.05) is 0 Å². The SMILES string of the molecule is N#Cc1cccc(OCc2cc(C(=O)O)no2)c1. The first-order valence-corrected chi connectivity index (χ1v) is 5.01. The summed E-state index contributed by atoms with van der Waals surface area (Å²) in [6.45, 7) is 0.0508. The van der Waals surface area contributed by atoms with Crippen molar-refractivity contribution in [1.82, 2.24) is 5.16 Å². The summed E-state index contributed by atoms with van der Waals surface area (Å²) in [4.78, 5) is 10.6. The number of carboxylic acids is 1. The summed E-state index contributed by atoms with van der Waals surface area (Å²) >= 11 is 0. The largest absolute Gasteiger partial charge is 0.486 e. The number of ether oxygens (including phenoxy) is 1. The Hall–Kier alpha value is -2.81. The molecule has 0 aliphatic carbocycles. The molecule has 2 aromatic rings. The van der Waals surface area contributed by atoms with Crippen LogP contribution in [-0.2, 0) is 6.61 Å². The Labute approximate surface area is 102 Å². The number of hydrogen-bond acceptors (Lipinski definition) is 5. The highest BCUT2D eigenvalue weighted by atomic mass is 16.5. The van der Waals surface area contributed by atoms with Crippen LogP contribution in [0.25, 0.3) is 0 Å². The average Bonchev–Trinajstić information content (AvgIpc) is 2.85. The van der Waals surface area contributed by atoms with Crippen molar-refractivity contribution in [3.8, 4) is 11.8 Å². The van der Waals surface area contributed by atoms with E-state index in [9.17, 15) is 4.79 Å². The van der Waals surface area contributed by atoms with E-state index in [0.717, 1.165) is 0 Å². The monoisotopic (exact) mass is 244 g/mol. The van der Waals surface area contributed by atoms with Gasteiger partial charge in [0.2, 0.25) is 0 Å². The summed E-state index contributed by atoms with van der Waals surface area (Å²) in [7, 11) is 0. The molecule has 0 radical (unpaired) electrons. The maximum atomic E-state index is 10.6. The number of aromatic carboxylic acids is 1. The first-order chi connectivity index (χ1) is 8.69. The molecule has 6 heteroatoms. The minimum absolute atomic E-state index is 0.0508. The number of carbonyl (C=O) groups is 1. The molecule has 0 atom stereocenters. The van der Waals surface area contributed by atoms with Crippen LogP contribution in [0.4, 0.5) is 0 Å². The van der Waals surface area contributed by atoms with Crippen LogP contribution in [0.2, 0.25) is 0 Å². The number of benzene rings is 1. The number of aromatic nitrogens is 1. The summed E-state index contributed by atoms with van der Waals surface area (Å²) in [5.41, 5.74) is 0.315. The van der Waals surface area contributed by atoms with Gasteiger partial charge in [0.25, 0.3) is 0 Å². The second-order valence-corrected chi connectivity index (χ2v) is 3.41. The van der Waals surface area contributed by atoms with Gasteiger partial charge in [-0.3, -0.25) is 0 Å². The van der Waals surface area contributed by atoms with Gasteiger partial charge in [-0.1, -0.05) is 11.2 Å². The molecule has 18 heavy (non-hydrogen) atoms. The highest BCUT2D eigenvalue weighted by Gasteiger charge is 2.10. The summed E-state index contributed by atoms with van der Waals surface area (Å²) in [5, 5.41) is 20.7. The van der Waals surface area contributed by atoms with Gasteiger partial charge in [0.1, 0.15) is 12.4 Å². The lowest BCUT2D eigenvalue weighted by molar-refractivity contribution is 0.0685. The number of rotatable bonds is 4. The van der Waals surface area contributed by atoms with Gasteiger partial charge >= 0.3 is 5.97 Å². The van der Waals surface area contributed by atoms with E-state index >= 15 is 0 Å². The Morgan fingerprint density at radius 1 is 1.50 bits per heavy atom. The zero-order valence-corrected chi connectivity index (χ0v) is 9.16. The second-order valence-electron chi connectivity index (χ2n) is 3.41. The Bertz CT molecular complexity index is 613. The fraction of sp³-hybridized carbons (Fsp3) is 0.0833. The van der Waals surface area contributed by atoms with Crippen LogP contribution in [0.5, 0.6) is 5.75 Å². The maximum absolute atomic E-state index is 10.6. The van der Waals surface area contributed by atoms with Crippen LogP contribution < -0.4 is 4.74 Å². The molecule has 2 rings (SSSR count). The van der Waals surface area contributed by atoms with Gasteiger partial charge in [-0.05, 0) is 18.2 Å². The average molecular weight is 244 g/mol. The molecule has 90 valence electrons. The van der Waals surface area contributed by atoms with Gasteiger partial charge < -0.3 is 14.4 Å². The molecule has 1 aromatic carbocycles. The molecule has 0 unspecified atom stereocenters. The summed E-state index contributed by atoms with van der Waals surface area (Å²) < 4.78 is 10.1. The molecule has 0 amide bonds. The van der Waals surface area contributed by atoms with Crippen molar-refractivity contribution < 1.29 is 19.2 Å². The topological polar surface area (TPSA) is 96.3 Å². The first-order valence-electron chi connectivity index (χ1n) is 5.01. The minimum Gasteiger partial charge on any atom is -0.486 e. The quantitative estimate of drug-likeness (QED) is 0.881. The van der Waals surface area contributed by atoms with Crippen molar-refractivity contribution in [1.29, 1.82) is 5.26 Å². The third-order valence-corrected chi connectivity index (χ3v) is 2.12. The molecule has 0 aliphatic heterocycles. The smallest absolute Gasteiger partial charge is 0.358 e. The Balaban J connectivity index is 2.02. The minimum atomic E-state index is -1.16. The molecule has 0 fully saturated rings. The lowest BCUT2D eigenvalue weighted by Crippen LogP contribution is -1.96. The van der Waals surface area contributed by atoms with Gasteiger partial charge in [-0.2, -0.15) is 5.26 Å². The van der Waals surface area contributed by atoms with Crippen LogP contribution in [0.15, 0.2) is 34.9 Å². The van der Waals surface area contributed by atoms with Crippen molar-refractivity contribution in [2.45, 2.75) is 6.61 Å². The Morgan fingerprint density at radius 2 is 2.33 bits per heavy atom. The van der Waals surface area contributed by atoms with Crippen LogP contribution in [-0.4, -0.2) is 16.2 Å². The molecule has 0 aliphatic rings. The maximum Gasteiger partial charge on any atom is 0.358 e. The third kappa shape index (κ3) is 2.65. The predicted molar refractivity (Wildman–Crippen MR) is 59.0 cm³/mol. The Kier molecular flexibility index (Phi) is 3.25. The molecule has 0 saturated heterocycles. The van der Waals surface area contributed by atoms with E-state index in [1.807, 2.05) is 6.07 Å². The fourth-order valence-electron chi connectivity index (χ4n) is 1.29. The van der Waals surface area contributed by atoms with Gasteiger partial charge in [-0.15, -0.1) is 0 Å². The molecule has 6 nitrogen and oxygen atoms in total. The van der Waals surface area contributed by atoms with Crippen molar-refractivity contribution >= 4 is 5.97 Å². The molecular formula is C12H8N2O4. The highest BCUT2D eigenvalue weighted by molar-refractivity contribution is 5.85. The van der Waals surface area contributed by atoms with Crippen LogP contribution in [0.3, 0.4) is 0 Å². The van der Waals surface area contributed by atoms with E-state index in [1.165, 1.54) is 6.07 Å². The summed E-state index contributed by atoms with van der Waals surface area (Å²) in [6, 6.07) is 9.89. The van der Waals surface area contributed by atoms with E-state index in [4.69, 9.17) is 19.6 Å². The highest BCUT2D eigenvalue weighted by Crippen LogP contribution is 2.15. The molecule has 1 heterocycles. The molecule has 1 N–H and O–H groups in total. The van der Waals surface area contributed by atoms with Crippen molar-refractivity contribution in [3.05, 3.63) is 47.3 Å². The van der Waals surface area contributed by atoms with Crippen LogP contribution in [0, 0.1) is 11.3 Å². The fourth-order valence-corrected chi connectivity index (χ4v) is 1.29. The van der Waals surface area contributed by atoms with Crippen LogP contribution in [0.1, 0.15) is 21.8 Å². The second kappa shape index (κ2) is 5.01. The van der Waals surface area contributed by atoms with E-state index in [1.54, 1.807) is 24.3 Å². The zero-order chi connectivity index (χ0) is 13.0. The van der Waals surface area contributed by atoms with Gasteiger partial charge in [0.05, 0.1) is 11.6 Å². The van der Waals surface area contributed by atoms with Crippen molar-refractivity contribution in [3.63, 3.8) is 0 Å². The van der Waals surface area contributed by atoms with Crippen molar-refractivity contribution in [2.24, 2.45) is 0 Å². The number of hydrogen-bond donors (Lipinski definition) is 1. The Morgan fingerprint density at radius 3 is 3.00 bits per heavy atom. The normalized spacial score (nSPS) is 9.72. The number of nitriles is 1.